The van der Waals surface area contributed by atoms with Crippen LogP contribution in [0.1, 0.15) is 142 Å². The SMILES string of the molecule is CCCCCCCCCCCC[N+](C)(C)CCCCCCCCCCCC.O=S(=O)(O)C(F)(F)F. The van der Waals surface area contributed by atoms with E-state index in [0.29, 0.717) is 0 Å². The molecule has 8 heteroatoms. The number of halogens is 3. The van der Waals surface area contributed by atoms with Crippen LogP contribution in [0.2, 0.25) is 0 Å². The van der Waals surface area contributed by atoms with Gasteiger partial charge < -0.3 is 4.48 Å². The van der Waals surface area contributed by atoms with Crippen molar-refractivity contribution in [2.45, 2.75) is 148 Å². The van der Waals surface area contributed by atoms with E-state index >= 15 is 0 Å². The fourth-order valence-corrected chi connectivity index (χ4v) is 4.17. The summed E-state index contributed by atoms with van der Waals surface area (Å²) in [7, 11) is -0.948. The number of alkyl halides is 3. The number of quaternary nitrogens is 1. The van der Waals surface area contributed by atoms with Crippen LogP contribution in [0.15, 0.2) is 0 Å². The van der Waals surface area contributed by atoms with Gasteiger partial charge in [0.15, 0.2) is 0 Å². The molecular weight excluding hydrogens is 475 g/mol. The molecule has 214 valence electrons. The Morgan fingerprint density at radius 3 is 0.943 bits per heavy atom. The lowest BCUT2D eigenvalue weighted by molar-refractivity contribution is -0.890. The minimum Gasteiger partial charge on any atom is -0.328 e. The lowest BCUT2D eigenvalue weighted by Gasteiger charge is -2.30. The smallest absolute Gasteiger partial charge is 0.328 e. The monoisotopic (exact) mass is 532 g/mol. The average Bonchev–Trinajstić information content (AvgIpc) is 2.75. The van der Waals surface area contributed by atoms with E-state index < -0.39 is 15.6 Å². The van der Waals surface area contributed by atoms with Crippen LogP contribution in [0, 0.1) is 0 Å². The van der Waals surface area contributed by atoms with Gasteiger partial charge in [-0.3, -0.25) is 4.55 Å². The molecule has 0 aliphatic carbocycles. The van der Waals surface area contributed by atoms with E-state index in [-0.39, 0.29) is 0 Å². The topological polar surface area (TPSA) is 54.4 Å². The van der Waals surface area contributed by atoms with E-state index in [1.54, 1.807) is 0 Å². The van der Waals surface area contributed by atoms with Crippen molar-refractivity contribution in [3.63, 3.8) is 0 Å². The van der Waals surface area contributed by atoms with Gasteiger partial charge in [-0.25, -0.2) is 0 Å². The lowest BCUT2D eigenvalue weighted by Crippen LogP contribution is -2.41. The van der Waals surface area contributed by atoms with Gasteiger partial charge in [0.25, 0.3) is 0 Å². The van der Waals surface area contributed by atoms with E-state index in [2.05, 4.69) is 27.9 Å². The number of nitrogens with zero attached hydrogens (tertiary/aromatic N) is 1. The molecule has 0 atom stereocenters. The number of unbranched alkanes of at least 4 members (excludes halogenated alkanes) is 18. The van der Waals surface area contributed by atoms with Gasteiger partial charge in [-0.2, -0.15) is 21.6 Å². The third kappa shape index (κ3) is 28.1. The molecule has 0 aromatic heterocycles. The number of hydrogen-bond acceptors (Lipinski definition) is 2. The first kappa shape index (κ1) is 36.8. The summed E-state index contributed by atoms with van der Waals surface area (Å²) in [5, 5.41) is 0. The molecule has 0 aromatic rings. The van der Waals surface area contributed by atoms with E-state index in [0.717, 1.165) is 0 Å². The van der Waals surface area contributed by atoms with Gasteiger partial charge in [-0.15, -0.1) is 0 Å². The van der Waals surface area contributed by atoms with Crippen LogP contribution < -0.4 is 0 Å². The van der Waals surface area contributed by atoms with E-state index in [1.807, 2.05) is 0 Å². The third-order valence-electron chi connectivity index (χ3n) is 6.53. The first-order valence-electron chi connectivity index (χ1n) is 14.2. The fraction of sp³-hybridized carbons (Fsp3) is 1.00. The summed E-state index contributed by atoms with van der Waals surface area (Å²) < 4.78 is 58.8. The van der Waals surface area contributed by atoms with Gasteiger partial charge in [0, 0.05) is 0 Å². The van der Waals surface area contributed by atoms with Crippen LogP contribution in [-0.2, 0) is 10.1 Å². The minimum absolute atomic E-state index is 1.24. The van der Waals surface area contributed by atoms with Gasteiger partial charge >= 0.3 is 15.6 Å². The summed E-state index contributed by atoms with van der Waals surface area (Å²) in [6.45, 7) is 7.37. The first-order valence-corrected chi connectivity index (χ1v) is 15.7. The lowest BCUT2D eigenvalue weighted by atomic mass is 10.1. The van der Waals surface area contributed by atoms with Crippen LogP contribution in [0.4, 0.5) is 13.2 Å². The Morgan fingerprint density at radius 2 is 0.743 bits per heavy atom. The van der Waals surface area contributed by atoms with Gasteiger partial charge in [-0.1, -0.05) is 117 Å². The highest BCUT2D eigenvalue weighted by atomic mass is 32.2. The maximum Gasteiger partial charge on any atom is 0.522 e. The molecule has 1 N–H and O–H groups in total. The van der Waals surface area contributed by atoms with Crippen molar-refractivity contribution in [1.29, 1.82) is 0 Å². The van der Waals surface area contributed by atoms with Crippen molar-refractivity contribution in [1.82, 2.24) is 0 Å². The number of hydrogen-bond donors (Lipinski definition) is 1. The first-order chi connectivity index (χ1) is 16.4. The molecule has 0 aliphatic heterocycles. The molecule has 0 heterocycles. The van der Waals surface area contributed by atoms with E-state index in [1.165, 1.54) is 146 Å². The zero-order valence-corrected chi connectivity index (χ0v) is 24.1. The maximum atomic E-state index is 10.7. The average molecular weight is 533 g/mol. The normalized spacial score (nSPS) is 12.5. The van der Waals surface area contributed by atoms with Crippen LogP contribution in [0.3, 0.4) is 0 Å². The Kier molecular flexibility index (Phi) is 24.0. The Labute approximate surface area is 215 Å². The Morgan fingerprint density at radius 1 is 0.543 bits per heavy atom. The summed E-state index contributed by atoms with van der Waals surface area (Å²) in [5.41, 5.74) is -5.53. The Hall–Kier alpha value is -0.340. The van der Waals surface area contributed by atoms with Gasteiger partial charge in [0.2, 0.25) is 0 Å². The van der Waals surface area contributed by atoms with Gasteiger partial charge in [0.05, 0.1) is 27.2 Å². The van der Waals surface area contributed by atoms with Crippen molar-refractivity contribution in [3.05, 3.63) is 0 Å². The molecule has 0 aliphatic rings. The molecule has 0 spiro atoms. The minimum atomic E-state index is -5.84. The highest BCUT2D eigenvalue weighted by Gasteiger charge is 2.44. The molecule has 0 rings (SSSR count). The predicted molar refractivity (Wildman–Crippen MR) is 143 cm³/mol. The molecule has 35 heavy (non-hydrogen) atoms. The molecule has 0 aromatic carbocycles. The van der Waals surface area contributed by atoms with Crippen LogP contribution in [-0.4, -0.2) is 50.1 Å². The van der Waals surface area contributed by atoms with E-state index in [4.69, 9.17) is 13.0 Å². The summed E-state index contributed by atoms with van der Waals surface area (Å²) in [6, 6.07) is 0. The van der Waals surface area contributed by atoms with Crippen molar-refractivity contribution in [2.75, 3.05) is 27.2 Å². The zero-order valence-electron chi connectivity index (χ0n) is 23.3. The second kappa shape index (κ2) is 22.8. The third-order valence-corrected chi connectivity index (χ3v) is 7.11. The molecule has 0 saturated heterocycles. The second-order valence-corrected chi connectivity index (χ2v) is 12.1. The maximum absolute atomic E-state index is 10.7. The highest BCUT2D eigenvalue weighted by Crippen LogP contribution is 2.20. The van der Waals surface area contributed by atoms with Gasteiger partial charge in [-0.05, 0) is 25.7 Å². The molecule has 0 saturated carbocycles. The van der Waals surface area contributed by atoms with Crippen LogP contribution in [0.25, 0.3) is 0 Å². The molecule has 0 bridgehead atoms. The number of rotatable bonds is 22. The van der Waals surface area contributed by atoms with E-state index in [9.17, 15) is 13.2 Å². The standard InChI is InChI=1S/C26H56N.CHF3O3S/c1-5-7-9-11-13-15-17-19-21-23-25-27(3,4)26-24-22-20-18-16-14-12-10-8-6-2;2-1(3,4)8(5,6)7/h5-26H2,1-4H3;(H,5,6,7)/q+1;. The fourth-order valence-electron chi connectivity index (χ4n) is 4.17. The molecule has 4 nitrogen and oxygen atoms in total. The van der Waals surface area contributed by atoms with Crippen molar-refractivity contribution in [3.8, 4) is 0 Å². The van der Waals surface area contributed by atoms with Crippen molar-refractivity contribution < 1.29 is 30.6 Å². The summed E-state index contributed by atoms with van der Waals surface area (Å²) >= 11 is 0. The van der Waals surface area contributed by atoms with Crippen LogP contribution in [0.5, 0.6) is 0 Å². The Balaban J connectivity index is 0. The molecule has 0 fully saturated rings. The van der Waals surface area contributed by atoms with Crippen molar-refractivity contribution >= 4 is 10.1 Å². The molecule has 0 radical (unpaired) electrons. The quantitative estimate of drug-likeness (QED) is 0.0654. The zero-order chi connectivity index (χ0) is 27.1. The predicted octanol–water partition coefficient (Wildman–Crippen LogP) is 9.30. The van der Waals surface area contributed by atoms with Crippen LogP contribution >= 0.6 is 0 Å². The van der Waals surface area contributed by atoms with Crippen molar-refractivity contribution in [2.24, 2.45) is 0 Å². The highest BCUT2D eigenvalue weighted by molar-refractivity contribution is 7.86. The molecule has 0 amide bonds. The Bertz CT molecular complexity index is 526. The second-order valence-electron chi connectivity index (χ2n) is 10.7. The summed E-state index contributed by atoms with van der Waals surface area (Å²) in [6.07, 6.45) is 29.0. The van der Waals surface area contributed by atoms with Gasteiger partial charge in [0.1, 0.15) is 0 Å². The summed E-state index contributed by atoms with van der Waals surface area (Å²) in [5.74, 6) is 0. The molecule has 0 unspecified atom stereocenters. The summed E-state index contributed by atoms with van der Waals surface area (Å²) in [4.78, 5) is 0. The largest absolute Gasteiger partial charge is 0.522 e. The molecular formula is C27H57F3NO3S+.